The van der Waals surface area contributed by atoms with Gasteiger partial charge >= 0.3 is 0 Å². The van der Waals surface area contributed by atoms with E-state index in [4.69, 9.17) is 10.5 Å². The Hall–Kier alpha value is -3.15. The molecule has 6 heteroatoms. The van der Waals surface area contributed by atoms with Gasteiger partial charge in [-0.05, 0) is 42.5 Å². The van der Waals surface area contributed by atoms with Crippen LogP contribution in [0.3, 0.4) is 0 Å². The monoisotopic (exact) mass is 350 g/mol. The van der Waals surface area contributed by atoms with Crippen LogP contribution in [0.25, 0.3) is 5.57 Å². The summed E-state index contributed by atoms with van der Waals surface area (Å²) in [6.07, 6.45) is 7.75. The number of benzene rings is 1. The smallest absolute Gasteiger partial charge is 0.247 e. The lowest BCUT2D eigenvalue weighted by atomic mass is 10.1. The Morgan fingerprint density at radius 1 is 1.23 bits per heavy atom. The first kappa shape index (κ1) is 17.7. The number of rotatable bonds is 5. The fourth-order valence-corrected chi connectivity index (χ4v) is 2.87. The zero-order chi connectivity index (χ0) is 18.4. The minimum absolute atomic E-state index is 0.0486. The third-order valence-corrected chi connectivity index (χ3v) is 4.27. The molecule has 0 radical (unpaired) electrons. The molecular formula is C20H22N4O2. The molecule has 0 unspecified atom stereocenters. The molecular weight excluding hydrogens is 328 g/mol. The van der Waals surface area contributed by atoms with Gasteiger partial charge in [-0.1, -0.05) is 24.3 Å². The van der Waals surface area contributed by atoms with Crippen molar-refractivity contribution in [3.63, 3.8) is 0 Å². The van der Waals surface area contributed by atoms with Crippen molar-refractivity contribution in [3.05, 3.63) is 65.6 Å². The van der Waals surface area contributed by atoms with Crippen LogP contribution in [-0.4, -0.2) is 23.0 Å². The second-order valence-corrected chi connectivity index (χ2v) is 6.10. The van der Waals surface area contributed by atoms with E-state index in [2.05, 4.69) is 15.3 Å². The number of ether oxygens (including phenoxy) is 1. The summed E-state index contributed by atoms with van der Waals surface area (Å²) in [5.74, 6) is 1.18. The van der Waals surface area contributed by atoms with Gasteiger partial charge in [0.15, 0.2) is 0 Å². The van der Waals surface area contributed by atoms with Crippen LogP contribution >= 0.6 is 0 Å². The molecule has 1 amide bonds. The number of allylic oxidation sites excluding steroid dienone is 3. The Labute approximate surface area is 152 Å². The van der Waals surface area contributed by atoms with Crippen molar-refractivity contribution < 1.29 is 9.53 Å². The second-order valence-electron chi connectivity index (χ2n) is 6.10. The summed E-state index contributed by atoms with van der Waals surface area (Å²) >= 11 is 0. The van der Waals surface area contributed by atoms with E-state index in [1.165, 1.54) is 6.33 Å². The van der Waals surface area contributed by atoms with Crippen molar-refractivity contribution in [1.29, 1.82) is 0 Å². The van der Waals surface area contributed by atoms with E-state index in [9.17, 15) is 4.79 Å². The Morgan fingerprint density at radius 2 is 2.12 bits per heavy atom. The Kier molecular flexibility index (Phi) is 5.63. The number of aromatic nitrogens is 2. The van der Waals surface area contributed by atoms with Gasteiger partial charge < -0.3 is 15.8 Å². The van der Waals surface area contributed by atoms with Crippen molar-refractivity contribution in [2.24, 2.45) is 0 Å². The van der Waals surface area contributed by atoms with Crippen LogP contribution in [0.15, 0.2) is 54.4 Å². The molecule has 0 bridgehead atoms. The molecule has 0 fully saturated rings. The number of nitrogens with one attached hydrogen (secondary N) is 1. The van der Waals surface area contributed by atoms with Gasteiger partial charge in [-0.3, -0.25) is 4.79 Å². The Bertz CT molecular complexity index is 858. The molecule has 0 atom stereocenters. The first-order valence-corrected chi connectivity index (χ1v) is 8.54. The zero-order valence-corrected chi connectivity index (χ0v) is 14.7. The number of nitrogen functional groups attached to an aromatic ring is 1. The number of nitrogens with two attached hydrogens (primary N) is 1. The van der Waals surface area contributed by atoms with Crippen LogP contribution in [0.5, 0.6) is 5.75 Å². The minimum atomic E-state index is -0.0486. The summed E-state index contributed by atoms with van der Waals surface area (Å²) in [6.45, 7) is 0.465. The van der Waals surface area contributed by atoms with Gasteiger partial charge in [0.1, 0.15) is 17.9 Å². The quantitative estimate of drug-likeness (QED) is 0.865. The molecule has 134 valence electrons. The SMILES string of the molecule is COc1cccc(CNC(=O)C2=CC=C(c3cc(N)ncn3)CCC2)c1. The van der Waals surface area contributed by atoms with Gasteiger partial charge in [0.25, 0.3) is 0 Å². The summed E-state index contributed by atoms with van der Waals surface area (Å²) < 4.78 is 5.21. The molecule has 0 saturated heterocycles. The maximum atomic E-state index is 12.5. The average Bonchev–Trinajstić information content (AvgIpc) is 2.92. The minimum Gasteiger partial charge on any atom is -0.497 e. The highest BCUT2D eigenvalue weighted by Crippen LogP contribution is 2.25. The van der Waals surface area contributed by atoms with Crippen LogP contribution in [0.4, 0.5) is 5.82 Å². The highest BCUT2D eigenvalue weighted by atomic mass is 16.5. The molecule has 1 aliphatic rings. The summed E-state index contributed by atoms with van der Waals surface area (Å²) in [7, 11) is 1.63. The predicted octanol–water partition coefficient (Wildman–Crippen LogP) is 2.88. The van der Waals surface area contributed by atoms with Crippen molar-refractivity contribution in [3.8, 4) is 5.75 Å². The van der Waals surface area contributed by atoms with E-state index >= 15 is 0 Å². The van der Waals surface area contributed by atoms with Crippen LogP contribution in [0.2, 0.25) is 0 Å². The number of nitrogens with zero attached hydrogens (tertiary/aromatic N) is 2. The van der Waals surface area contributed by atoms with E-state index in [-0.39, 0.29) is 5.91 Å². The number of carbonyl (C=O) groups excluding carboxylic acids is 1. The fraction of sp³-hybridized carbons (Fsp3) is 0.250. The summed E-state index contributed by atoms with van der Waals surface area (Å²) in [5, 5.41) is 2.97. The zero-order valence-electron chi connectivity index (χ0n) is 14.7. The molecule has 3 N–H and O–H groups in total. The highest BCUT2D eigenvalue weighted by Gasteiger charge is 2.13. The van der Waals surface area contributed by atoms with Crippen molar-refractivity contribution in [1.82, 2.24) is 15.3 Å². The second kappa shape index (κ2) is 8.29. The van der Waals surface area contributed by atoms with Crippen LogP contribution in [0, 0.1) is 0 Å². The van der Waals surface area contributed by atoms with Gasteiger partial charge in [0, 0.05) is 18.2 Å². The molecule has 26 heavy (non-hydrogen) atoms. The number of hydrogen-bond acceptors (Lipinski definition) is 5. The molecule has 0 saturated carbocycles. The summed E-state index contributed by atoms with van der Waals surface area (Å²) in [4.78, 5) is 20.7. The molecule has 2 aromatic rings. The first-order valence-electron chi connectivity index (χ1n) is 8.54. The lowest BCUT2D eigenvalue weighted by Crippen LogP contribution is -2.24. The van der Waals surface area contributed by atoms with E-state index in [1.807, 2.05) is 36.4 Å². The number of anilines is 1. The predicted molar refractivity (Wildman–Crippen MR) is 101 cm³/mol. The average molecular weight is 350 g/mol. The van der Waals surface area contributed by atoms with Crippen molar-refractivity contribution in [2.45, 2.75) is 25.8 Å². The summed E-state index contributed by atoms with van der Waals surface area (Å²) in [6, 6.07) is 9.42. The number of methoxy groups -OCH3 is 1. The Morgan fingerprint density at radius 3 is 2.92 bits per heavy atom. The molecule has 1 heterocycles. The molecule has 1 aromatic carbocycles. The number of hydrogen-bond donors (Lipinski definition) is 2. The normalized spacial score (nSPS) is 14.0. The molecule has 1 aromatic heterocycles. The van der Waals surface area contributed by atoms with Gasteiger partial charge in [-0.15, -0.1) is 0 Å². The lowest BCUT2D eigenvalue weighted by molar-refractivity contribution is -0.117. The van der Waals surface area contributed by atoms with Gasteiger partial charge in [-0.25, -0.2) is 9.97 Å². The maximum absolute atomic E-state index is 12.5. The van der Waals surface area contributed by atoms with E-state index < -0.39 is 0 Å². The maximum Gasteiger partial charge on any atom is 0.247 e. The number of carbonyl (C=O) groups is 1. The molecule has 0 aliphatic heterocycles. The standard InChI is InChI=1S/C20H22N4O2/c1-26-17-7-2-4-14(10-17)12-22-20(25)16-6-3-5-15(8-9-16)18-11-19(21)24-13-23-18/h2,4,7-11,13H,3,5-6,12H2,1H3,(H,22,25)(H2,21,23,24). The van der Waals surface area contributed by atoms with Crippen LogP contribution in [-0.2, 0) is 11.3 Å². The van der Waals surface area contributed by atoms with Crippen LogP contribution in [0.1, 0.15) is 30.5 Å². The molecule has 6 nitrogen and oxygen atoms in total. The molecule has 3 rings (SSSR count). The topological polar surface area (TPSA) is 90.1 Å². The molecule has 0 spiro atoms. The lowest BCUT2D eigenvalue weighted by Gasteiger charge is -2.09. The van der Waals surface area contributed by atoms with Gasteiger partial charge in [0.2, 0.25) is 5.91 Å². The largest absolute Gasteiger partial charge is 0.497 e. The van der Waals surface area contributed by atoms with E-state index in [1.54, 1.807) is 13.2 Å². The fourth-order valence-electron chi connectivity index (χ4n) is 2.87. The number of amides is 1. The third-order valence-electron chi connectivity index (χ3n) is 4.27. The van der Waals surface area contributed by atoms with Gasteiger partial charge in [-0.2, -0.15) is 0 Å². The van der Waals surface area contributed by atoms with Crippen molar-refractivity contribution in [2.75, 3.05) is 12.8 Å². The third kappa shape index (κ3) is 4.47. The van der Waals surface area contributed by atoms with E-state index in [0.717, 1.165) is 47.4 Å². The first-order chi connectivity index (χ1) is 12.7. The summed E-state index contributed by atoms with van der Waals surface area (Å²) in [5.41, 5.74) is 9.37. The van der Waals surface area contributed by atoms with Crippen molar-refractivity contribution >= 4 is 17.3 Å². The van der Waals surface area contributed by atoms with Crippen LogP contribution < -0.4 is 15.8 Å². The molecule has 1 aliphatic carbocycles. The highest BCUT2D eigenvalue weighted by molar-refractivity contribution is 5.94. The van der Waals surface area contributed by atoms with E-state index in [0.29, 0.717) is 12.4 Å². The van der Waals surface area contributed by atoms with Gasteiger partial charge in [0.05, 0.1) is 12.8 Å². The Balaban J connectivity index is 1.67.